The number of nitrogens with one attached hydrogen (secondary N) is 1. The lowest BCUT2D eigenvalue weighted by Crippen LogP contribution is -2.33. The Morgan fingerprint density at radius 2 is 2.00 bits per heavy atom. The fraction of sp³-hybridized carbons (Fsp3) is 0.500. The Balaban J connectivity index is 2.17. The van der Waals surface area contributed by atoms with E-state index in [1.165, 1.54) is 13.2 Å². The van der Waals surface area contributed by atoms with E-state index in [4.69, 9.17) is 16.2 Å². The zero-order valence-corrected chi connectivity index (χ0v) is 11.5. The highest BCUT2D eigenvalue weighted by Gasteiger charge is 2.21. The van der Waals surface area contributed by atoms with Gasteiger partial charge in [-0.3, -0.25) is 4.79 Å². The summed E-state index contributed by atoms with van der Waals surface area (Å²) in [7, 11) is 1.42. The summed E-state index contributed by atoms with van der Waals surface area (Å²) in [4.78, 5) is 11.2. The van der Waals surface area contributed by atoms with Gasteiger partial charge in [0.1, 0.15) is 11.6 Å². The van der Waals surface area contributed by atoms with Gasteiger partial charge in [-0.2, -0.15) is 0 Å². The molecule has 1 saturated carbocycles. The molecule has 110 valence electrons. The Labute approximate surface area is 117 Å². The van der Waals surface area contributed by atoms with Gasteiger partial charge in [0, 0.05) is 18.2 Å². The summed E-state index contributed by atoms with van der Waals surface area (Å²) in [5.41, 5.74) is 11.4. The monoisotopic (exact) mass is 281 g/mol. The molecule has 1 aliphatic carbocycles. The van der Waals surface area contributed by atoms with Crippen molar-refractivity contribution in [2.24, 2.45) is 11.5 Å². The number of rotatable bonds is 4. The van der Waals surface area contributed by atoms with Crippen LogP contribution in [-0.4, -0.2) is 25.1 Å². The van der Waals surface area contributed by atoms with Gasteiger partial charge >= 0.3 is 0 Å². The van der Waals surface area contributed by atoms with Crippen molar-refractivity contribution in [3.05, 3.63) is 23.5 Å². The molecule has 1 amide bonds. The summed E-state index contributed by atoms with van der Waals surface area (Å²) in [5, 5.41) is 3.15. The highest BCUT2D eigenvalue weighted by Crippen LogP contribution is 2.29. The molecule has 0 heterocycles. The minimum atomic E-state index is -0.712. The number of nitrogens with two attached hydrogens (primary N) is 2. The average molecular weight is 281 g/mol. The summed E-state index contributed by atoms with van der Waals surface area (Å²) in [6, 6.07) is 3.01. The van der Waals surface area contributed by atoms with E-state index in [0.29, 0.717) is 5.69 Å². The Morgan fingerprint density at radius 3 is 2.55 bits per heavy atom. The van der Waals surface area contributed by atoms with Crippen molar-refractivity contribution in [3.63, 3.8) is 0 Å². The van der Waals surface area contributed by atoms with Crippen molar-refractivity contribution < 1.29 is 13.9 Å². The molecule has 1 aromatic carbocycles. The molecular weight excluding hydrogens is 261 g/mol. The van der Waals surface area contributed by atoms with Gasteiger partial charge < -0.3 is 21.5 Å². The number of carbonyl (C=O) groups is 1. The molecular formula is C14H20FN3O2. The quantitative estimate of drug-likeness (QED) is 0.782. The lowest BCUT2D eigenvalue weighted by molar-refractivity contribution is 0.0997. The second kappa shape index (κ2) is 6.09. The maximum absolute atomic E-state index is 14.0. The minimum absolute atomic E-state index is 0.0428. The maximum Gasteiger partial charge on any atom is 0.252 e. The van der Waals surface area contributed by atoms with Crippen LogP contribution >= 0.6 is 0 Å². The van der Waals surface area contributed by atoms with Gasteiger partial charge in [0.2, 0.25) is 0 Å². The van der Waals surface area contributed by atoms with Crippen molar-refractivity contribution in [1.82, 2.24) is 0 Å². The first-order valence-corrected chi connectivity index (χ1v) is 6.70. The number of ether oxygens (including phenoxy) is 1. The Kier molecular flexibility index (Phi) is 4.44. The number of carbonyl (C=O) groups excluding carboxylic acids is 1. The molecule has 1 fully saturated rings. The lowest BCUT2D eigenvalue weighted by Gasteiger charge is -2.28. The first-order chi connectivity index (χ1) is 9.51. The fourth-order valence-corrected chi connectivity index (χ4v) is 2.51. The molecule has 2 rings (SSSR count). The van der Waals surface area contributed by atoms with Crippen molar-refractivity contribution in [3.8, 4) is 5.75 Å². The maximum atomic E-state index is 14.0. The molecule has 0 radical (unpaired) electrons. The Morgan fingerprint density at radius 1 is 1.35 bits per heavy atom. The first-order valence-electron chi connectivity index (χ1n) is 6.70. The van der Waals surface area contributed by atoms with Crippen molar-refractivity contribution >= 4 is 11.6 Å². The predicted octanol–water partition coefficient (Wildman–Crippen LogP) is 1.61. The van der Waals surface area contributed by atoms with Gasteiger partial charge in [-0.25, -0.2) is 4.39 Å². The third-order valence-corrected chi connectivity index (χ3v) is 3.69. The summed E-state index contributed by atoms with van der Waals surface area (Å²) in [5.74, 6) is -0.945. The van der Waals surface area contributed by atoms with Gasteiger partial charge in [-0.1, -0.05) is 0 Å². The van der Waals surface area contributed by atoms with E-state index < -0.39 is 11.7 Å². The zero-order chi connectivity index (χ0) is 14.7. The second-order valence-electron chi connectivity index (χ2n) is 5.15. The molecule has 5 nitrogen and oxygen atoms in total. The van der Waals surface area contributed by atoms with Crippen LogP contribution in [0.2, 0.25) is 0 Å². The molecule has 5 N–H and O–H groups in total. The Bertz CT molecular complexity index is 499. The van der Waals surface area contributed by atoms with Crippen LogP contribution < -0.4 is 21.5 Å². The number of hydrogen-bond donors (Lipinski definition) is 3. The second-order valence-corrected chi connectivity index (χ2v) is 5.15. The van der Waals surface area contributed by atoms with Gasteiger partial charge in [-0.15, -0.1) is 0 Å². The van der Waals surface area contributed by atoms with Gasteiger partial charge in [0.15, 0.2) is 0 Å². The van der Waals surface area contributed by atoms with E-state index in [0.717, 1.165) is 31.7 Å². The minimum Gasteiger partial charge on any atom is -0.496 e. The van der Waals surface area contributed by atoms with Crippen LogP contribution in [-0.2, 0) is 0 Å². The van der Waals surface area contributed by atoms with Gasteiger partial charge in [0.25, 0.3) is 5.91 Å². The van der Waals surface area contributed by atoms with Crippen LogP contribution in [0.15, 0.2) is 12.1 Å². The lowest BCUT2D eigenvalue weighted by atomic mass is 9.91. The normalized spacial score (nSPS) is 22.4. The van der Waals surface area contributed by atoms with E-state index >= 15 is 0 Å². The van der Waals surface area contributed by atoms with E-state index in [1.807, 2.05) is 0 Å². The van der Waals surface area contributed by atoms with E-state index in [-0.39, 0.29) is 23.4 Å². The van der Waals surface area contributed by atoms with Crippen LogP contribution in [0, 0.1) is 5.82 Å². The molecule has 20 heavy (non-hydrogen) atoms. The summed E-state index contributed by atoms with van der Waals surface area (Å²) >= 11 is 0. The highest BCUT2D eigenvalue weighted by atomic mass is 19.1. The van der Waals surface area contributed by atoms with Crippen LogP contribution in [0.5, 0.6) is 5.75 Å². The number of primary amides is 1. The average Bonchev–Trinajstić information content (AvgIpc) is 2.42. The van der Waals surface area contributed by atoms with Gasteiger partial charge in [0.05, 0.1) is 18.4 Å². The highest BCUT2D eigenvalue weighted by molar-refractivity contribution is 5.96. The number of methoxy groups -OCH3 is 1. The number of anilines is 1. The third-order valence-electron chi connectivity index (χ3n) is 3.69. The summed E-state index contributed by atoms with van der Waals surface area (Å²) in [6.07, 6.45) is 3.66. The smallest absolute Gasteiger partial charge is 0.252 e. The molecule has 0 saturated heterocycles. The van der Waals surface area contributed by atoms with Crippen LogP contribution in [0.3, 0.4) is 0 Å². The molecule has 0 atom stereocenters. The summed E-state index contributed by atoms with van der Waals surface area (Å²) in [6.45, 7) is 0. The number of halogens is 1. The van der Waals surface area contributed by atoms with E-state index in [1.54, 1.807) is 0 Å². The van der Waals surface area contributed by atoms with Crippen LogP contribution in [0.1, 0.15) is 36.0 Å². The standard InChI is InChI=1S/C14H20FN3O2/c1-20-13-7-12(11(15)6-10(13)14(17)19)18-9-4-2-8(16)3-5-9/h6-9,18H,2-5,16H2,1H3,(H2,17,19). The topological polar surface area (TPSA) is 90.4 Å². The third kappa shape index (κ3) is 3.19. The zero-order valence-electron chi connectivity index (χ0n) is 11.5. The van der Waals surface area contributed by atoms with Crippen LogP contribution in [0.25, 0.3) is 0 Å². The SMILES string of the molecule is COc1cc(NC2CCC(N)CC2)c(F)cc1C(N)=O. The molecule has 6 heteroatoms. The number of benzene rings is 1. The number of hydrogen-bond acceptors (Lipinski definition) is 4. The summed E-state index contributed by atoms with van der Waals surface area (Å²) < 4.78 is 19.1. The molecule has 1 aliphatic rings. The Hall–Kier alpha value is -1.82. The van der Waals surface area contributed by atoms with E-state index in [9.17, 15) is 9.18 Å². The molecule has 0 bridgehead atoms. The van der Waals surface area contributed by atoms with Crippen molar-refractivity contribution in [2.75, 3.05) is 12.4 Å². The van der Waals surface area contributed by atoms with Crippen molar-refractivity contribution in [2.45, 2.75) is 37.8 Å². The molecule has 0 aromatic heterocycles. The molecule has 0 aliphatic heterocycles. The first kappa shape index (κ1) is 14.6. The number of amides is 1. The predicted molar refractivity (Wildman–Crippen MR) is 75.3 cm³/mol. The van der Waals surface area contributed by atoms with E-state index in [2.05, 4.69) is 5.32 Å². The molecule has 0 unspecified atom stereocenters. The van der Waals surface area contributed by atoms with Gasteiger partial charge in [-0.05, 0) is 31.7 Å². The van der Waals surface area contributed by atoms with Crippen molar-refractivity contribution in [1.29, 1.82) is 0 Å². The molecule has 0 spiro atoms. The van der Waals surface area contributed by atoms with Crippen LogP contribution in [0.4, 0.5) is 10.1 Å². The fourth-order valence-electron chi connectivity index (χ4n) is 2.51. The molecule has 1 aromatic rings. The largest absolute Gasteiger partial charge is 0.496 e.